The Hall–Kier alpha value is -4.70. The number of benzene rings is 3. The van der Waals surface area contributed by atoms with Crippen LogP contribution < -0.4 is 4.90 Å². The highest BCUT2D eigenvalue weighted by molar-refractivity contribution is 7.86. The summed E-state index contributed by atoms with van der Waals surface area (Å²) in [6.07, 6.45) is 13.5. The lowest BCUT2D eigenvalue weighted by molar-refractivity contribution is -0.871. The molecule has 6 rings (SSSR count). The second-order valence-electron chi connectivity index (χ2n) is 20.9. The summed E-state index contributed by atoms with van der Waals surface area (Å²) in [6, 6.07) is 17.9. The van der Waals surface area contributed by atoms with Gasteiger partial charge in [-0.25, -0.2) is 0 Å². The highest BCUT2D eigenvalue weighted by atomic mass is 32.2. The van der Waals surface area contributed by atoms with E-state index in [9.17, 15) is 35.8 Å². The maximum atomic E-state index is 12.3. The van der Waals surface area contributed by atoms with Crippen molar-refractivity contribution in [3.8, 4) is 0 Å². The van der Waals surface area contributed by atoms with Gasteiger partial charge >= 0.3 is 5.97 Å². The average Bonchev–Trinajstić information content (AvgIpc) is 3.54. The van der Waals surface area contributed by atoms with Crippen LogP contribution in [0.15, 0.2) is 112 Å². The van der Waals surface area contributed by atoms with E-state index in [1.165, 1.54) is 12.1 Å². The lowest BCUT2D eigenvalue weighted by Gasteiger charge is -2.29. The summed E-state index contributed by atoms with van der Waals surface area (Å²) < 4.78 is 73.3. The summed E-state index contributed by atoms with van der Waals surface area (Å²) in [7, 11) is 4.14. The summed E-state index contributed by atoms with van der Waals surface area (Å²) in [4.78, 5) is 13.5. The van der Waals surface area contributed by atoms with Crippen LogP contribution in [0.3, 0.4) is 0 Å². The second-order valence-corrected chi connectivity index (χ2v) is 23.7. The van der Waals surface area contributed by atoms with Gasteiger partial charge in [-0.15, -0.1) is 0 Å². The van der Waals surface area contributed by atoms with Crippen LogP contribution in [0.25, 0.3) is 5.57 Å². The molecule has 0 spiro atoms. The maximum absolute atomic E-state index is 12.3. The van der Waals surface area contributed by atoms with Crippen LogP contribution in [-0.4, -0.2) is 125 Å². The monoisotopic (exact) mass is 929 g/mol. The molecule has 0 unspecified atom stereocenters. The summed E-state index contributed by atoms with van der Waals surface area (Å²) in [5, 5.41) is 9.38. The fraction of sp³-hybridized carbons (Fsp3) is 0.451. The van der Waals surface area contributed by atoms with E-state index in [1.807, 2.05) is 12.1 Å². The Kier molecular flexibility index (Phi) is 14.2. The van der Waals surface area contributed by atoms with Gasteiger partial charge in [-0.1, -0.05) is 50.3 Å². The number of nitrogens with zero attached hydrogens (tertiary/aromatic N) is 4. The molecule has 65 heavy (non-hydrogen) atoms. The Bertz CT molecular complexity index is 2730. The SMILES string of the molecule is CC1(C)C(/C=C/C2=C(c3ccc(CCC(=O)O)cc3)C(=C/C=C3/N(CCC[N+](C)(C)C)c4ccc(S(=O)(=O)O)cc4C3(C)C)/CCC2)=[N+](CCC[N+](C)(C)C)c2ccc(S(=O)(=O)O)cc21. The van der Waals surface area contributed by atoms with Gasteiger partial charge in [-0.2, -0.15) is 21.4 Å². The van der Waals surface area contributed by atoms with E-state index in [2.05, 4.69) is 116 Å². The number of carboxylic acids is 1. The van der Waals surface area contributed by atoms with Gasteiger partial charge in [0, 0.05) is 53.9 Å². The van der Waals surface area contributed by atoms with Crippen molar-refractivity contribution in [2.45, 2.75) is 93.3 Å². The van der Waals surface area contributed by atoms with E-state index in [0.29, 0.717) is 19.5 Å². The molecule has 3 aromatic rings. The van der Waals surface area contributed by atoms with Gasteiger partial charge in [0.1, 0.15) is 0 Å². The zero-order chi connectivity index (χ0) is 47.9. The highest BCUT2D eigenvalue weighted by Gasteiger charge is 2.45. The van der Waals surface area contributed by atoms with Gasteiger partial charge in [-0.05, 0) is 109 Å². The smallest absolute Gasteiger partial charge is 0.303 e. The number of carboxylic acid groups (broad SMARTS) is 1. The van der Waals surface area contributed by atoms with Gasteiger partial charge in [0.2, 0.25) is 5.69 Å². The molecule has 0 bridgehead atoms. The molecule has 3 aromatic carbocycles. The molecule has 350 valence electrons. The van der Waals surface area contributed by atoms with Crippen molar-refractivity contribution in [2.75, 3.05) is 73.4 Å². The Morgan fingerprint density at radius 1 is 0.754 bits per heavy atom. The summed E-state index contributed by atoms with van der Waals surface area (Å²) in [5.74, 6) is -0.845. The number of carbonyl (C=O) groups is 1. The van der Waals surface area contributed by atoms with Crippen molar-refractivity contribution in [3.05, 3.63) is 124 Å². The molecular formula is C51H69N4O8S2+3. The first-order valence-corrected chi connectivity index (χ1v) is 25.4. The molecule has 1 aliphatic carbocycles. The van der Waals surface area contributed by atoms with Gasteiger partial charge in [0.25, 0.3) is 20.2 Å². The van der Waals surface area contributed by atoms with E-state index in [0.717, 1.165) is 116 Å². The number of anilines is 1. The van der Waals surface area contributed by atoms with Crippen molar-refractivity contribution in [1.82, 2.24) is 0 Å². The van der Waals surface area contributed by atoms with Crippen LogP contribution in [-0.2, 0) is 42.3 Å². The minimum Gasteiger partial charge on any atom is -0.481 e. The number of hydrogen-bond donors (Lipinski definition) is 3. The average molecular weight is 930 g/mol. The predicted octanol–water partition coefficient (Wildman–Crippen LogP) is 8.57. The number of fused-ring (bicyclic) bond motifs is 2. The van der Waals surface area contributed by atoms with Crippen molar-refractivity contribution < 1.29 is 49.4 Å². The Balaban J connectivity index is 1.51. The third-order valence-electron chi connectivity index (χ3n) is 13.0. The number of hydrogen-bond acceptors (Lipinski definition) is 6. The van der Waals surface area contributed by atoms with E-state index in [4.69, 9.17) is 0 Å². The normalized spacial score (nSPS) is 18.9. The Labute approximate surface area is 387 Å². The quantitative estimate of drug-likeness (QED) is 0.0687. The molecule has 0 saturated heterocycles. The standard InChI is InChI=1S/C51H66N4O8S2/c1-50(2)42-34-40(64(58,59)60)23-25-44(42)52(30-12-32-54(5,6)7)46(50)27-21-37-14-11-15-38(49(37)39-19-16-36(17-20-39)18-29-48(56)57)22-28-47-51(3,4)43-35-41(65(61,62)63)24-26-45(43)53(47)31-13-33-55(8,9)10/h16-17,19-28,34-35H,11-15,18,29-33H2,1-10H3/p+3. The maximum Gasteiger partial charge on any atom is 0.303 e. The van der Waals surface area contributed by atoms with Crippen LogP contribution in [0.2, 0.25) is 0 Å². The topological polar surface area (TPSA) is 152 Å². The van der Waals surface area contributed by atoms with Gasteiger partial charge < -0.3 is 19.0 Å². The molecule has 2 heterocycles. The Morgan fingerprint density at radius 2 is 1.35 bits per heavy atom. The fourth-order valence-electron chi connectivity index (χ4n) is 9.60. The third kappa shape index (κ3) is 11.5. The Morgan fingerprint density at radius 3 is 1.95 bits per heavy atom. The summed E-state index contributed by atoms with van der Waals surface area (Å²) in [6.45, 7) is 11.7. The molecule has 0 atom stereocenters. The number of aryl methyl sites for hydroxylation is 1. The van der Waals surface area contributed by atoms with Crippen LogP contribution in [0, 0.1) is 0 Å². The molecule has 0 fully saturated rings. The number of allylic oxidation sites excluding steroid dienone is 8. The molecule has 0 saturated carbocycles. The highest BCUT2D eigenvalue weighted by Crippen LogP contribution is 2.49. The lowest BCUT2D eigenvalue weighted by atomic mass is 9.79. The molecule has 3 aliphatic rings. The van der Waals surface area contributed by atoms with Crippen LogP contribution in [0.4, 0.5) is 11.4 Å². The molecular weight excluding hydrogens is 861 g/mol. The molecule has 3 N–H and O–H groups in total. The molecule has 0 amide bonds. The third-order valence-corrected chi connectivity index (χ3v) is 14.7. The second kappa shape index (κ2) is 18.5. The van der Waals surface area contributed by atoms with E-state index in [-0.39, 0.29) is 16.2 Å². The zero-order valence-electron chi connectivity index (χ0n) is 39.8. The zero-order valence-corrected chi connectivity index (χ0v) is 41.5. The number of rotatable bonds is 17. The predicted molar refractivity (Wildman–Crippen MR) is 259 cm³/mol. The van der Waals surface area contributed by atoms with Crippen LogP contribution in [0.5, 0.6) is 0 Å². The molecule has 12 nitrogen and oxygen atoms in total. The van der Waals surface area contributed by atoms with Crippen LogP contribution in [0.1, 0.15) is 88.5 Å². The van der Waals surface area contributed by atoms with Crippen molar-refractivity contribution >= 4 is 48.9 Å². The first-order valence-electron chi connectivity index (χ1n) is 22.5. The van der Waals surface area contributed by atoms with Crippen LogP contribution >= 0.6 is 0 Å². The van der Waals surface area contributed by atoms with Gasteiger partial charge in [0.05, 0.1) is 77.0 Å². The largest absolute Gasteiger partial charge is 0.481 e. The molecule has 14 heteroatoms. The van der Waals surface area contributed by atoms with Crippen molar-refractivity contribution in [2.24, 2.45) is 0 Å². The summed E-state index contributed by atoms with van der Waals surface area (Å²) in [5.41, 5.74) is 9.65. The van der Waals surface area contributed by atoms with E-state index in [1.54, 1.807) is 24.3 Å². The van der Waals surface area contributed by atoms with Gasteiger partial charge in [-0.3, -0.25) is 13.9 Å². The van der Waals surface area contributed by atoms with Crippen molar-refractivity contribution in [1.29, 1.82) is 0 Å². The van der Waals surface area contributed by atoms with Crippen molar-refractivity contribution in [3.63, 3.8) is 0 Å². The molecule has 2 aliphatic heterocycles. The minimum atomic E-state index is -4.42. The minimum absolute atomic E-state index is 0.0394. The molecule has 0 radical (unpaired) electrons. The van der Waals surface area contributed by atoms with E-state index < -0.39 is 37.0 Å². The molecule has 0 aromatic heterocycles. The summed E-state index contributed by atoms with van der Waals surface area (Å²) >= 11 is 0. The van der Waals surface area contributed by atoms with Gasteiger partial charge in [0.15, 0.2) is 12.3 Å². The lowest BCUT2D eigenvalue weighted by Crippen LogP contribution is -2.37. The first kappa shape index (κ1) is 49.7. The number of aliphatic carboxylic acids is 1. The number of quaternary nitrogens is 2. The first-order chi connectivity index (χ1) is 30.1. The fourth-order valence-corrected chi connectivity index (χ4v) is 10.6. The van der Waals surface area contributed by atoms with E-state index >= 15 is 0 Å².